The average molecular weight is 481 g/mol. The number of thiophene rings is 1. The van der Waals surface area contributed by atoms with Crippen LogP contribution in [-0.2, 0) is 16.0 Å². The lowest BCUT2D eigenvalue weighted by Gasteiger charge is -2.24. The Bertz CT molecular complexity index is 1210. The fourth-order valence-corrected chi connectivity index (χ4v) is 5.77. The third-order valence-electron chi connectivity index (χ3n) is 5.84. The maximum absolute atomic E-state index is 12.9. The Morgan fingerprint density at radius 3 is 2.73 bits per heavy atom. The van der Waals surface area contributed by atoms with Crippen molar-refractivity contribution in [2.24, 2.45) is 0 Å². The van der Waals surface area contributed by atoms with Gasteiger partial charge in [0.25, 0.3) is 5.91 Å². The van der Waals surface area contributed by atoms with E-state index in [4.69, 9.17) is 0 Å². The molecule has 7 nitrogen and oxygen atoms in total. The monoisotopic (exact) mass is 480 g/mol. The summed E-state index contributed by atoms with van der Waals surface area (Å²) >= 11 is 3.31. The lowest BCUT2D eigenvalue weighted by molar-refractivity contribution is -0.129. The average Bonchev–Trinajstić information content (AvgIpc) is 3.23. The van der Waals surface area contributed by atoms with Gasteiger partial charge in [0.05, 0.1) is 22.1 Å². The predicted octanol–water partition coefficient (Wildman–Crippen LogP) is 3.31. The van der Waals surface area contributed by atoms with Crippen molar-refractivity contribution in [2.45, 2.75) is 38.3 Å². The summed E-state index contributed by atoms with van der Waals surface area (Å²) in [6.45, 7) is 2.37. The standard InChI is InChI=1S/C24H24N4O3S2/c1-14-27-19(13-32-14)20-9-8-16(33-20)10-11-25-21(29)12-26-23(30)22-17-4-2-3-5-18(17)24(31)28(22)15-6-7-15/h2-5,8-9,13,15,22H,6-7,10-12H2,1H3,(H,25,29)(H,26,30). The zero-order valence-electron chi connectivity index (χ0n) is 18.2. The van der Waals surface area contributed by atoms with Gasteiger partial charge in [0, 0.05) is 28.4 Å². The van der Waals surface area contributed by atoms with Crippen molar-refractivity contribution in [1.29, 1.82) is 0 Å². The minimum absolute atomic E-state index is 0.0965. The zero-order valence-corrected chi connectivity index (χ0v) is 19.8. The molecule has 2 N–H and O–H groups in total. The zero-order chi connectivity index (χ0) is 22.9. The van der Waals surface area contributed by atoms with Gasteiger partial charge in [0.2, 0.25) is 11.8 Å². The van der Waals surface area contributed by atoms with E-state index in [1.807, 2.05) is 25.1 Å². The summed E-state index contributed by atoms with van der Waals surface area (Å²) in [5, 5.41) is 8.68. The van der Waals surface area contributed by atoms with E-state index in [0.29, 0.717) is 18.5 Å². The number of aromatic nitrogens is 1. The Morgan fingerprint density at radius 2 is 1.97 bits per heavy atom. The van der Waals surface area contributed by atoms with Crippen LogP contribution in [-0.4, -0.2) is 46.7 Å². The van der Waals surface area contributed by atoms with Crippen molar-refractivity contribution in [3.8, 4) is 10.6 Å². The second-order valence-electron chi connectivity index (χ2n) is 8.27. The van der Waals surface area contributed by atoms with Crippen molar-refractivity contribution in [3.63, 3.8) is 0 Å². The smallest absolute Gasteiger partial charge is 0.255 e. The first kappa shape index (κ1) is 21.8. The van der Waals surface area contributed by atoms with Crippen LogP contribution in [0, 0.1) is 6.92 Å². The number of carbonyl (C=O) groups is 3. The number of amides is 3. The fourth-order valence-electron chi connectivity index (χ4n) is 4.11. The van der Waals surface area contributed by atoms with Crippen molar-refractivity contribution in [2.75, 3.05) is 13.1 Å². The van der Waals surface area contributed by atoms with E-state index in [2.05, 4.69) is 33.1 Å². The highest BCUT2D eigenvalue weighted by Gasteiger charge is 2.47. The van der Waals surface area contributed by atoms with E-state index in [-0.39, 0.29) is 30.3 Å². The van der Waals surface area contributed by atoms with Gasteiger partial charge >= 0.3 is 0 Å². The van der Waals surface area contributed by atoms with Gasteiger partial charge in [0.15, 0.2) is 0 Å². The van der Waals surface area contributed by atoms with E-state index in [1.165, 1.54) is 4.88 Å². The van der Waals surface area contributed by atoms with Gasteiger partial charge < -0.3 is 15.5 Å². The molecule has 3 aromatic rings. The second kappa shape index (κ2) is 9.07. The molecule has 3 amide bonds. The topological polar surface area (TPSA) is 91.4 Å². The van der Waals surface area contributed by atoms with Gasteiger partial charge in [0.1, 0.15) is 6.04 Å². The highest BCUT2D eigenvalue weighted by Crippen LogP contribution is 2.41. The molecular formula is C24H24N4O3S2. The molecule has 3 heterocycles. The maximum Gasteiger partial charge on any atom is 0.255 e. The molecule has 170 valence electrons. The lowest BCUT2D eigenvalue weighted by Crippen LogP contribution is -2.44. The number of hydrogen-bond donors (Lipinski definition) is 2. The number of carbonyl (C=O) groups excluding carboxylic acids is 3. The Morgan fingerprint density at radius 1 is 1.15 bits per heavy atom. The first-order valence-electron chi connectivity index (χ1n) is 11.0. The van der Waals surface area contributed by atoms with Crippen LogP contribution in [0.15, 0.2) is 41.8 Å². The number of nitrogens with zero attached hydrogens (tertiary/aromatic N) is 2. The molecule has 1 atom stereocenters. The predicted molar refractivity (Wildman–Crippen MR) is 128 cm³/mol. The molecule has 1 unspecified atom stereocenters. The quantitative estimate of drug-likeness (QED) is 0.518. The normalized spacial score (nSPS) is 17.2. The summed E-state index contributed by atoms with van der Waals surface area (Å²) in [5.74, 6) is -0.650. The van der Waals surface area contributed by atoms with Crippen molar-refractivity contribution in [3.05, 3.63) is 62.8 Å². The molecule has 5 rings (SSSR count). The molecule has 0 saturated heterocycles. The molecule has 0 radical (unpaired) electrons. The van der Waals surface area contributed by atoms with Crippen LogP contribution in [0.25, 0.3) is 10.6 Å². The number of thiazole rings is 1. The third kappa shape index (κ3) is 4.56. The number of hydrogen-bond acceptors (Lipinski definition) is 6. The summed E-state index contributed by atoms with van der Waals surface area (Å²) in [6.07, 6.45) is 2.54. The Balaban J connectivity index is 1.12. The number of rotatable bonds is 8. The van der Waals surface area contributed by atoms with Gasteiger partial charge in [-0.05, 0) is 49.9 Å². The molecule has 1 saturated carbocycles. The fraction of sp³-hybridized carbons (Fsp3) is 0.333. The molecule has 1 fully saturated rings. The summed E-state index contributed by atoms with van der Waals surface area (Å²) in [5.41, 5.74) is 2.29. The van der Waals surface area contributed by atoms with Crippen LogP contribution in [0.5, 0.6) is 0 Å². The van der Waals surface area contributed by atoms with Gasteiger partial charge in [-0.1, -0.05) is 18.2 Å². The van der Waals surface area contributed by atoms with Gasteiger partial charge in [-0.2, -0.15) is 0 Å². The summed E-state index contributed by atoms with van der Waals surface area (Å²) in [7, 11) is 0. The maximum atomic E-state index is 12.9. The Hall–Kier alpha value is -3.04. The van der Waals surface area contributed by atoms with E-state index in [0.717, 1.165) is 34.0 Å². The van der Waals surface area contributed by atoms with Crippen LogP contribution in [0.4, 0.5) is 0 Å². The van der Waals surface area contributed by atoms with E-state index in [1.54, 1.807) is 33.6 Å². The number of nitrogens with one attached hydrogen (secondary N) is 2. The molecule has 0 spiro atoms. The summed E-state index contributed by atoms with van der Waals surface area (Å²) in [6, 6.07) is 10.8. The van der Waals surface area contributed by atoms with Crippen molar-refractivity contribution >= 4 is 40.4 Å². The first-order chi connectivity index (χ1) is 16.0. The lowest BCUT2D eigenvalue weighted by atomic mass is 10.0. The number of fused-ring (bicyclic) bond motifs is 1. The first-order valence-corrected chi connectivity index (χ1v) is 12.7. The molecule has 2 aromatic heterocycles. The van der Waals surface area contributed by atoms with Crippen LogP contribution >= 0.6 is 22.7 Å². The van der Waals surface area contributed by atoms with E-state index in [9.17, 15) is 14.4 Å². The molecular weight excluding hydrogens is 456 g/mol. The largest absolute Gasteiger partial charge is 0.354 e. The van der Waals surface area contributed by atoms with E-state index >= 15 is 0 Å². The SMILES string of the molecule is Cc1nc(-c2ccc(CCNC(=O)CNC(=O)C3c4ccccc4C(=O)N3C3CC3)s2)cs1. The molecule has 1 aromatic carbocycles. The Labute approximate surface area is 199 Å². The van der Waals surface area contributed by atoms with Gasteiger partial charge in [-0.15, -0.1) is 22.7 Å². The van der Waals surface area contributed by atoms with Gasteiger partial charge in [-0.3, -0.25) is 14.4 Å². The molecule has 1 aliphatic heterocycles. The number of aryl methyl sites for hydroxylation is 1. The molecule has 2 aliphatic rings. The minimum Gasteiger partial charge on any atom is -0.354 e. The van der Waals surface area contributed by atoms with Crippen molar-refractivity contribution in [1.82, 2.24) is 20.5 Å². The highest BCUT2D eigenvalue weighted by molar-refractivity contribution is 7.16. The van der Waals surface area contributed by atoms with Crippen molar-refractivity contribution < 1.29 is 14.4 Å². The summed E-state index contributed by atoms with van der Waals surface area (Å²) in [4.78, 5) is 46.5. The van der Waals surface area contributed by atoms with Crippen LogP contribution in [0.3, 0.4) is 0 Å². The third-order valence-corrected chi connectivity index (χ3v) is 7.78. The molecule has 9 heteroatoms. The summed E-state index contributed by atoms with van der Waals surface area (Å²) < 4.78 is 0. The second-order valence-corrected chi connectivity index (χ2v) is 10.5. The highest BCUT2D eigenvalue weighted by atomic mass is 32.1. The molecule has 0 bridgehead atoms. The van der Waals surface area contributed by atoms with E-state index < -0.39 is 6.04 Å². The molecule has 33 heavy (non-hydrogen) atoms. The Kier molecular flexibility index (Phi) is 5.99. The van der Waals surface area contributed by atoms with Crippen LogP contribution < -0.4 is 10.6 Å². The number of benzene rings is 1. The molecule has 1 aliphatic carbocycles. The van der Waals surface area contributed by atoms with Crippen LogP contribution in [0.2, 0.25) is 0 Å². The van der Waals surface area contributed by atoms with Gasteiger partial charge in [-0.25, -0.2) is 4.98 Å². The minimum atomic E-state index is -0.659. The van der Waals surface area contributed by atoms with Crippen LogP contribution in [0.1, 0.15) is 44.7 Å².